The number of hydrogen-bond donors (Lipinski definition) is 0. The van der Waals surface area contributed by atoms with Crippen LogP contribution in [0.5, 0.6) is 0 Å². The lowest BCUT2D eigenvalue weighted by molar-refractivity contribution is -0.140. The largest absolute Gasteiger partial charge is 0.469 e. The number of aryl methyl sites for hydroxylation is 1. The lowest BCUT2D eigenvalue weighted by Gasteiger charge is -2.03. The Morgan fingerprint density at radius 3 is 2.24 bits per heavy atom. The van der Waals surface area contributed by atoms with Crippen LogP contribution in [-0.4, -0.2) is 23.3 Å². The number of carbonyl (C=O) groups excluding carboxylic acids is 1. The number of carbonyl (C=O) groups is 1. The van der Waals surface area contributed by atoms with Gasteiger partial charge in [0.1, 0.15) is 10.0 Å². The number of hydrogen-bond acceptors (Lipinski definition) is 6. The molecule has 0 amide bonds. The molecule has 0 saturated heterocycles. The molecule has 0 fully saturated rings. The summed E-state index contributed by atoms with van der Waals surface area (Å²) in [5.41, 5.74) is 3.76. The molecule has 1 heterocycles. The van der Waals surface area contributed by atoms with Crippen molar-refractivity contribution in [3.8, 4) is 27.8 Å². The van der Waals surface area contributed by atoms with Gasteiger partial charge < -0.3 is 4.74 Å². The maximum absolute atomic E-state index is 11.2. The molecule has 0 bridgehead atoms. The molecule has 124 valence electrons. The fraction of sp³-hybridized carbons (Fsp3) is 0.158. The van der Waals surface area contributed by atoms with E-state index < -0.39 is 0 Å². The zero-order valence-corrected chi connectivity index (χ0v) is 14.4. The predicted octanol–water partition coefficient (Wildman–Crippen LogP) is 3.85. The highest BCUT2D eigenvalue weighted by atomic mass is 32.1. The molecule has 0 N–H and O–H groups in total. The molecule has 0 saturated carbocycles. The van der Waals surface area contributed by atoms with E-state index in [9.17, 15) is 4.79 Å². The van der Waals surface area contributed by atoms with Crippen molar-refractivity contribution in [1.29, 1.82) is 5.26 Å². The van der Waals surface area contributed by atoms with Crippen LogP contribution in [0.4, 0.5) is 0 Å². The van der Waals surface area contributed by atoms with Crippen molar-refractivity contribution in [3.63, 3.8) is 0 Å². The first-order chi connectivity index (χ1) is 12.2. The van der Waals surface area contributed by atoms with Gasteiger partial charge in [0.15, 0.2) is 0 Å². The van der Waals surface area contributed by atoms with Gasteiger partial charge in [0.2, 0.25) is 0 Å². The summed E-state index contributed by atoms with van der Waals surface area (Å²) in [5, 5.41) is 18.8. The SMILES string of the molecule is COC(=O)CCc1nnc(-c2ccc(-c3ccc(C#N)cc3)cc2)s1. The summed E-state index contributed by atoms with van der Waals surface area (Å²) >= 11 is 1.48. The van der Waals surface area contributed by atoms with Crippen molar-refractivity contribution in [2.24, 2.45) is 0 Å². The van der Waals surface area contributed by atoms with Crippen LogP contribution in [-0.2, 0) is 16.0 Å². The summed E-state index contributed by atoms with van der Waals surface area (Å²) in [6.07, 6.45) is 0.844. The normalized spacial score (nSPS) is 10.2. The van der Waals surface area contributed by atoms with Crippen LogP contribution in [0.15, 0.2) is 48.5 Å². The van der Waals surface area contributed by atoms with E-state index in [2.05, 4.69) is 21.0 Å². The maximum atomic E-state index is 11.2. The van der Waals surface area contributed by atoms with Gasteiger partial charge in [-0.05, 0) is 23.3 Å². The first kappa shape index (κ1) is 16.8. The molecule has 0 unspecified atom stereocenters. The Labute approximate surface area is 149 Å². The fourth-order valence-corrected chi connectivity index (χ4v) is 3.17. The van der Waals surface area contributed by atoms with Gasteiger partial charge >= 0.3 is 5.97 Å². The highest BCUT2D eigenvalue weighted by molar-refractivity contribution is 7.14. The van der Waals surface area contributed by atoms with E-state index in [0.717, 1.165) is 26.7 Å². The van der Waals surface area contributed by atoms with Gasteiger partial charge in [-0.3, -0.25) is 4.79 Å². The van der Waals surface area contributed by atoms with E-state index in [1.165, 1.54) is 18.4 Å². The minimum Gasteiger partial charge on any atom is -0.469 e. The molecule has 1 aromatic heterocycles. The molecule has 0 atom stereocenters. The third-order valence-corrected chi connectivity index (χ3v) is 4.75. The number of ether oxygens (including phenoxy) is 1. The Morgan fingerprint density at radius 1 is 1.04 bits per heavy atom. The fourth-order valence-electron chi connectivity index (χ4n) is 2.32. The topological polar surface area (TPSA) is 75.9 Å². The lowest BCUT2D eigenvalue weighted by Crippen LogP contribution is -2.01. The van der Waals surface area contributed by atoms with E-state index >= 15 is 0 Å². The van der Waals surface area contributed by atoms with Crippen LogP contribution in [0.25, 0.3) is 21.7 Å². The van der Waals surface area contributed by atoms with E-state index in [1.807, 2.05) is 48.5 Å². The van der Waals surface area contributed by atoms with Gasteiger partial charge in [-0.15, -0.1) is 10.2 Å². The molecule has 3 rings (SSSR count). The summed E-state index contributed by atoms with van der Waals surface area (Å²) in [4.78, 5) is 11.2. The molecule has 0 spiro atoms. The molecule has 0 aliphatic heterocycles. The summed E-state index contributed by atoms with van der Waals surface area (Å²) in [6.45, 7) is 0. The molecule has 0 radical (unpaired) electrons. The zero-order chi connectivity index (χ0) is 17.6. The smallest absolute Gasteiger partial charge is 0.305 e. The average Bonchev–Trinajstić information content (AvgIpc) is 3.15. The van der Waals surface area contributed by atoms with Gasteiger partial charge in [-0.2, -0.15) is 5.26 Å². The summed E-state index contributed by atoms with van der Waals surface area (Å²) in [7, 11) is 1.38. The summed E-state index contributed by atoms with van der Waals surface area (Å²) in [5.74, 6) is -0.247. The van der Waals surface area contributed by atoms with Crippen LogP contribution < -0.4 is 0 Å². The van der Waals surface area contributed by atoms with Gasteiger partial charge in [0, 0.05) is 12.0 Å². The van der Waals surface area contributed by atoms with Crippen LogP contribution >= 0.6 is 11.3 Å². The van der Waals surface area contributed by atoms with Crippen LogP contribution in [0.2, 0.25) is 0 Å². The molecule has 2 aromatic carbocycles. The second-order valence-electron chi connectivity index (χ2n) is 5.34. The van der Waals surface area contributed by atoms with Crippen LogP contribution in [0, 0.1) is 11.3 Å². The molecule has 0 aliphatic rings. The molecule has 6 heteroatoms. The number of esters is 1. The van der Waals surface area contributed by atoms with Crippen molar-refractivity contribution >= 4 is 17.3 Å². The Hall–Kier alpha value is -3.04. The number of aromatic nitrogens is 2. The third-order valence-electron chi connectivity index (χ3n) is 3.72. The van der Waals surface area contributed by atoms with Gasteiger partial charge in [0.05, 0.1) is 25.2 Å². The second kappa shape index (κ2) is 7.69. The molecule has 0 aliphatic carbocycles. The Morgan fingerprint density at radius 2 is 1.64 bits per heavy atom. The highest BCUT2D eigenvalue weighted by Crippen LogP contribution is 2.27. The van der Waals surface area contributed by atoms with Gasteiger partial charge in [-0.25, -0.2) is 0 Å². The van der Waals surface area contributed by atoms with E-state index in [4.69, 9.17) is 5.26 Å². The van der Waals surface area contributed by atoms with Gasteiger partial charge in [-0.1, -0.05) is 47.7 Å². The summed E-state index contributed by atoms with van der Waals surface area (Å²) in [6, 6.07) is 17.6. The average molecular weight is 349 g/mol. The van der Waals surface area contributed by atoms with E-state index in [0.29, 0.717) is 18.4 Å². The van der Waals surface area contributed by atoms with Crippen molar-refractivity contribution in [3.05, 3.63) is 59.1 Å². The molecular weight excluding hydrogens is 334 g/mol. The minimum atomic E-state index is -0.247. The van der Waals surface area contributed by atoms with Crippen molar-refractivity contribution < 1.29 is 9.53 Å². The van der Waals surface area contributed by atoms with Crippen LogP contribution in [0.1, 0.15) is 17.0 Å². The van der Waals surface area contributed by atoms with E-state index in [-0.39, 0.29) is 5.97 Å². The number of rotatable bonds is 5. The number of nitriles is 1. The number of nitrogens with zero attached hydrogens (tertiary/aromatic N) is 3. The molecule has 5 nitrogen and oxygen atoms in total. The van der Waals surface area contributed by atoms with Crippen molar-refractivity contribution in [2.45, 2.75) is 12.8 Å². The molecule has 25 heavy (non-hydrogen) atoms. The summed E-state index contributed by atoms with van der Waals surface area (Å²) < 4.78 is 4.63. The predicted molar refractivity (Wildman–Crippen MR) is 95.8 cm³/mol. The Balaban J connectivity index is 1.73. The first-order valence-electron chi connectivity index (χ1n) is 7.70. The van der Waals surface area contributed by atoms with E-state index in [1.54, 1.807) is 0 Å². The molecular formula is C19H15N3O2S. The highest BCUT2D eigenvalue weighted by Gasteiger charge is 2.09. The van der Waals surface area contributed by atoms with Crippen molar-refractivity contribution in [2.75, 3.05) is 7.11 Å². The quantitative estimate of drug-likeness (QED) is 0.654. The first-order valence-corrected chi connectivity index (χ1v) is 8.51. The van der Waals surface area contributed by atoms with Crippen LogP contribution in [0.3, 0.4) is 0 Å². The minimum absolute atomic E-state index is 0.247. The Bertz CT molecular complexity index is 909. The third kappa shape index (κ3) is 4.08. The number of benzene rings is 2. The number of methoxy groups -OCH3 is 1. The maximum Gasteiger partial charge on any atom is 0.305 e. The standard InChI is InChI=1S/C19H15N3O2S/c1-24-18(23)11-10-17-21-22-19(25-17)16-8-6-15(7-9-16)14-4-2-13(12-20)3-5-14/h2-9H,10-11H2,1H3. The monoisotopic (exact) mass is 349 g/mol. The zero-order valence-electron chi connectivity index (χ0n) is 13.6. The van der Waals surface area contributed by atoms with Crippen molar-refractivity contribution in [1.82, 2.24) is 10.2 Å². The van der Waals surface area contributed by atoms with Gasteiger partial charge in [0.25, 0.3) is 0 Å². The Kier molecular flexibility index (Phi) is 5.17. The molecule has 3 aromatic rings. The second-order valence-corrected chi connectivity index (χ2v) is 6.41. The lowest BCUT2D eigenvalue weighted by atomic mass is 10.0.